The minimum Gasteiger partial charge on any atom is -0.395 e. The summed E-state index contributed by atoms with van der Waals surface area (Å²) in [6, 6.07) is 0.158. The molecule has 7 heteroatoms. The first-order chi connectivity index (χ1) is 10.1. The topological polar surface area (TPSA) is 95.3 Å². The fraction of sp³-hybridized carbons (Fsp3) is 0.643. The van der Waals surface area contributed by atoms with E-state index < -0.39 is 0 Å². The van der Waals surface area contributed by atoms with Crippen LogP contribution in [0.2, 0.25) is 0 Å². The minimum atomic E-state index is -0.134. The summed E-state index contributed by atoms with van der Waals surface area (Å²) < 4.78 is 0. The first-order valence-electron chi connectivity index (χ1n) is 7.53. The Kier molecular flexibility index (Phi) is 3.57. The number of hydrogen-bond acceptors (Lipinski definition) is 4. The molecule has 0 spiro atoms. The molecule has 3 N–H and O–H groups in total. The van der Waals surface area contributed by atoms with Crippen molar-refractivity contribution < 1.29 is 9.59 Å². The summed E-state index contributed by atoms with van der Waals surface area (Å²) in [7, 11) is 0. The van der Waals surface area contributed by atoms with Gasteiger partial charge < -0.3 is 15.5 Å². The Bertz CT molecular complexity index is 568. The number of nitrogens with zero attached hydrogens (tertiary/aromatic N) is 3. The number of anilines is 1. The molecule has 2 aliphatic heterocycles. The molecule has 2 amide bonds. The molecule has 3 heterocycles. The van der Waals surface area contributed by atoms with Crippen molar-refractivity contribution in [1.29, 1.82) is 0 Å². The molecule has 0 radical (unpaired) electrons. The van der Waals surface area contributed by atoms with Gasteiger partial charge in [0.15, 0.2) is 5.69 Å². The van der Waals surface area contributed by atoms with E-state index in [2.05, 4.69) is 17.1 Å². The highest BCUT2D eigenvalue weighted by atomic mass is 16.2. The number of carbonyl (C=O) groups excluding carboxylic acids is 2. The van der Waals surface area contributed by atoms with Gasteiger partial charge in [-0.05, 0) is 12.8 Å². The molecule has 1 unspecified atom stereocenters. The number of carbonyl (C=O) groups is 2. The van der Waals surface area contributed by atoms with Crippen LogP contribution in [0.4, 0.5) is 5.69 Å². The molecule has 0 saturated carbocycles. The number of H-pyrrole nitrogens is 1. The third-order valence-corrected chi connectivity index (χ3v) is 4.37. The quantitative estimate of drug-likeness (QED) is 0.842. The average Bonchev–Trinajstić information content (AvgIpc) is 3.03. The number of nitrogens with one attached hydrogen (secondary N) is 1. The van der Waals surface area contributed by atoms with E-state index in [1.165, 1.54) is 0 Å². The molecule has 2 saturated heterocycles. The molecule has 0 bridgehead atoms. The van der Waals surface area contributed by atoms with Crippen molar-refractivity contribution in [2.45, 2.75) is 38.6 Å². The molecule has 114 valence electrons. The molecular weight excluding hydrogens is 270 g/mol. The largest absolute Gasteiger partial charge is 0.395 e. The van der Waals surface area contributed by atoms with E-state index in [9.17, 15) is 9.59 Å². The first kappa shape index (κ1) is 13.9. The van der Waals surface area contributed by atoms with Crippen molar-refractivity contribution in [2.24, 2.45) is 0 Å². The van der Waals surface area contributed by atoms with Gasteiger partial charge in [-0.2, -0.15) is 5.10 Å². The number of piperazine rings is 1. The summed E-state index contributed by atoms with van der Waals surface area (Å²) in [4.78, 5) is 27.9. The van der Waals surface area contributed by atoms with E-state index >= 15 is 0 Å². The van der Waals surface area contributed by atoms with Crippen molar-refractivity contribution in [3.63, 3.8) is 0 Å². The van der Waals surface area contributed by atoms with E-state index in [1.807, 2.05) is 4.90 Å². The number of nitrogens with two attached hydrogens (primary N) is 1. The molecule has 1 aromatic heterocycles. The van der Waals surface area contributed by atoms with E-state index in [1.54, 1.807) is 4.90 Å². The van der Waals surface area contributed by atoms with Gasteiger partial charge in [-0.25, -0.2) is 0 Å². The fourth-order valence-electron chi connectivity index (χ4n) is 3.19. The van der Waals surface area contributed by atoms with E-state index in [4.69, 9.17) is 5.73 Å². The van der Waals surface area contributed by atoms with Crippen LogP contribution in [-0.4, -0.2) is 57.5 Å². The highest BCUT2D eigenvalue weighted by Crippen LogP contribution is 2.25. The molecule has 0 aliphatic carbocycles. The Balaban J connectivity index is 1.73. The number of fused-ring (bicyclic) bond motifs is 1. The zero-order valence-electron chi connectivity index (χ0n) is 12.3. The van der Waals surface area contributed by atoms with Crippen LogP contribution < -0.4 is 5.73 Å². The summed E-state index contributed by atoms with van der Waals surface area (Å²) in [5.41, 5.74) is 7.63. The van der Waals surface area contributed by atoms with Crippen LogP contribution in [0.15, 0.2) is 0 Å². The lowest BCUT2D eigenvalue weighted by Crippen LogP contribution is -2.53. The van der Waals surface area contributed by atoms with Gasteiger partial charge in [-0.1, -0.05) is 13.3 Å². The predicted octanol–water partition coefficient (Wildman–Crippen LogP) is 0.391. The smallest absolute Gasteiger partial charge is 0.276 e. The molecule has 1 aromatic rings. The first-order valence-corrected chi connectivity index (χ1v) is 7.53. The van der Waals surface area contributed by atoms with Crippen LogP contribution in [-0.2, 0) is 11.2 Å². The second kappa shape index (κ2) is 5.38. The molecule has 7 nitrogen and oxygen atoms in total. The number of nitrogen functional groups attached to an aromatic ring is 1. The van der Waals surface area contributed by atoms with Crippen LogP contribution in [0.1, 0.15) is 42.4 Å². The van der Waals surface area contributed by atoms with Crippen molar-refractivity contribution in [1.82, 2.24) is 20.0 Å². The molecule has 2 fully saturated rings. The van der Waals surface area contributed by atoms with Gasteiger partial charge in [0, 0.05) is 32.1 Å². The fourth-order valence-corrected chi connectivity index (χ4v) is 3.19. The molecular formula is C14H21N5O2. The number of amides is 2. The second-order valence-corrected chi connectivity index (χ2v) is 5.75. The molecule has 3 rings (SSSR count). The summed E-state index contributed by atoms with van der Waals surface area (Å²) in [6.07, 6.45) is 3.16. The number of aromatic amines is 1. The lowest BCUT2D eigenvalue weighted by Gasteiger charge is -2.37. The summed E-state index contributed by atoms with van der Waals surface area (Å²) in [5, 5.41) is 6.95. The maximum atomic E-state index is 12.6. The predicted molar refractivity (Wildman–Crippen MR) is 77.6 cm³/mol. The minimum absolute atomic E-state index is 0.134. The summed E-state index contributed by atoms with van der Waals surface area (Å²) in [6.45, 7) is 3.80. The highest BCUT2D eigenvalue weighted by Gasteiger charge is 2.37. The normalized spacial score (nSPS) is 21.8. The van der Waals surface area contributed by atoms with Crippen LogP contribution in [0.3, 0.4) is 0 Å². The Morgan fingerprint density at radius 2 is 2.29 bits per heavy atom. The third-order valence-electron chi connectivity index (χ3n) is 4.37. The van der Waals surface area contributed by atoms with E-state index in [-0.39, 0.29) is 17.9 Å². The van der Waals surface area contributed by atoms with Gasteiger partial charge in [0.1, 0.15) is 0 Å². The van der Waals surface area contributed by atoms with Crippen molar-refractivity contribution in [3.05, 3.63) is 11.4 Å². The Hall–Kier alpha value is -2.05. The van der Waals surface area contributed by atoms with Crippen LogP contribution >= 0.6 is 0 Å². The lowest BCUT2D eigenvalue weighted by molar-refractivity contribution is -0.130. The third kappa shape index (κ3) is 2.36. The van der Waals surface area contributed by atoms with Crippen molar-refractivity contribution >= 4 is 17.5 Å². The SMILES string of the molecule is CCCc1[nH]nc(C(=O)N2CCN3C(=O)CCC3C2)c1N. The van der Waals surface area contributed by atoms with Crippen molar-refractivity contribution in [3.8, 4) is 0 Å². The Morgan fingerprint density at radius 3 is 3.05 bits per heavy atom. The van der Waals surface area contributed by atoms with Crippen molar-refractivity contribution in [2.75, 3.05) is 25.4 Å². The van der Waals surface area contributed by atoms with Gasteiger partial charge >= 0.3 is 0 Å². The summed E-state index contributed by atoms with van der Waals surface area (Å²) in [5.74, 6) is 0.0710. The molecule has 1 atom stereocenters. The number of aryl methyl sites for hydroxylation is 1. The Labute approximate surface area is 123 Å². The van der Waals surface area contributed by atoms with Gasteiger partial charge in [0.05, 0.1) is 11.4 Å². The van der Waals surface area contributed by atoms with Crippen LogP contribution in [0.25, 0.3) is 0 Å². The monoisotopic (exact) mass is 291 g/mol. The maximum Gasteiger partial charge on any atom is 0.276 e. The molecule has 0 aromatic carbocycles. The number of aromatic nitrogens is 2. The zero-order valence-corrected chi connectivity index (χ0v) is 12.3. The molecule has 2 aliphatic rings. The van der Waals surface area contributed by atoms with E-state index in [0.717, 1.165) is 25.0 Å². The van der Waals surface area contributed by atoms with Crippen LogP contribution in [0.5, 0.6) is 0 Å². The zero-order chi connectivity index (χ0) is 15.0. The van der Waals surface area contributed by atoms with Gasteiger partial charge in [-0.3, -0.25) is 14.7 Å². The van der Waals surface area contributed by atoms with E-state index in [0.29, 0.717) is 37.4 Å². The van der Waals surface area contributed by atoms with Gasteiger partial charge in [0.25, 0.3) is 5.91 Å². The Morgan fingerprint density at radius 1 is 1.48 bits per heavy atom. The lowest BCUT2D eigenvalue weighted by atomic mass is 10.1. The number of rotatable bonds is 3. The second-order valence-electron chi connectivity index (χ2n) is 5.75. The molecule has 21 heavy (non-hydrogen) atoms. The number of hydrogen-bond donors (Lipinski definition) is 2. The standard InChI is InChI=1S/C14H21N5O2/c1-2-3-10-12(15)13(17-16-10)14(21)18-6-7-19-9(8-18)4-5-11(19)20/h9H,2-8,15H2,1H3,(H,16,17). The maximum absolute atomic E-state index is 12.6. The summed E-state index contributed by atoms with van der Waals surface area (Å²) >= 11 is 0. The van der Waals surface area contributed by atoms with Crippen LogP contribution in [0, 0.1) is 0 Å². The van der Waals surface area contributed by atoms with Gasteiger partial charge in [-0.15, -0.1) is 0 Å². The average molecular weight is 291 g/mol. The highest BCUT2D eigenvalue weighted by molar-refractivity contribution is 5.97. The van der Waals surface area contributed by atoms with Gasteiger partial charge in [0.2, 0.25) is 5.91 Å².